The summed E-state index contributed by atoms with van der Waals surface area (Å²) in [5, 5.41) is 8.98. The topological polar surface area (TPSA) is 49.7 Å². The van der Waals surface area contributed by atoms with Crippen LogP contribution in [0.25, 0.3) is 16.6 Å². The van der Waals surface area contributed by atoms with Crippen molar-refractivity contribution in [3.63, 3.8) is 0 Å². The average Bonchev–Trinajstić information content (AvgIpc) is 3.45. The number of H-pyrrole nitrogens is 1. The largest absolute Gasteiger partial charge is 0.361 e. The maximum absolute atomic E-state index is 14.1. The summed E-state index contributed by atoms with van der Waals surface area (Å²) in [7, 11) is 0. The van der Waals surface area contributed by atoms with E-state index in [2.05, 4.69) is 38.4 Å². The third-order valence-corrected chi connectivity index (χ3v) is 6.49. The van der Waals surface area contributed by atoms with Crippen molar-refractivity contribution in [3.05, 3.63) is 78.3 Å². The van der Waals surface area contributed by atoms with E-state index in [-0.39, 0.29) is 11.9 Å². The quantitative estimate of drug-likeness (QED) is 0.451. The summed E-state index contributed by atoms with van der Waals surface area (Å²) in [4.78, 5) is 5.75. The lowest BCUT2D eigenvalue weighted by molar-refractivity contribution is 0.0890. The molecule has 32 heavy (non-hydrogen) atoms. The van der Waals surface area contributed by atoms with Gasteiger partial charge in [-0.3, -0.25) is 9.47 Å². The summed E-state index contributed by atoms with van der Waals surface area (Å²) in [5.74, 6) is -0.230. The number of aryl methyl sites for hydroxylation is 1. The van der Waals surface area contributed by atoms with Crippen LogP contribution < -0.4 is 0 Å². The number of hydrogen-bond acceptors (Lipinski definition) is 3. The predicted molar refractivity (Wildman–Crippen MR) is 121 cm³/mol. The molecule has 166 valence electrons. The maximum atomic E-state index is 14.1. The van der Waals surface area contributed by atoms with Crippen LogP contribution in [0.2, 0.25) is 0 Å². The number of rotatable bonds is 7. The van der Waals surface area contributed by atoms with Gasteiger partial charge in [0, 0.05) is 35.4 Å². The van der Waals surface area contributed by atoms with Gasteiger partial charge in [-0.15, -0.1) is 10.2 Å². The van der Waals surface area contributed by atoms with E-state index in [9.17, 15) is 8.78 Å². The molecule has 0 bridgehead atoms. The third kappa shape index (κ3) is 4.58. The minimum Gasteiger partial charge on any atom is -0.361 e. The highest BCUT2D eigenvalue weighted by molar-refractivity contribution is 5.85. The van der Waals surface area contributed by atoms with Crippen LogP contribution in [0.15, 0.2) is 61.3 Å². The molecule has 0 aliphatic carbocycles. The molecule has 1 saturated heterocycles. The molecule has 2 aromatic carbocycles. The predicted octanol–water partition coefficient (Wildman–Crippen LogP) is 4.87. The molecule has 1 fully saturated rings. The number of fused-ring (bicyclic) bond motifs is 1. The standard InChI is InChI=1S/C25H27F2N5/c26-20-5-1-3-18(11-20)12-23-13-21(27)8-10-31(23)9-2-4-19-15-28-25-7-6-22(14-24(19)25)32-16-29-30-17-32/h1,3,5-7,11,14-17,21,23,28H,2,4,8-10,12-13H2. The van der Waals surface area contributed by atoms with Crippen molar-refractivity contribution >= 4 is 10.9 Å². The second-order valence-electron chi connectivity index (χ2n) is 8.66. The fourth-order valence-electron chi connectivity index (χ4n) is 4.83. The Balaban J connectivity index is 1.25. The molecule has 1 aliphatic heterocycles. The van der Waals surface area contributed by atoms with E-state index in [1.165, 1.54) is 17.0 Å². The highest BCUT2D eigenvalue weighted by atomic mass is 19.1. The fourth-order valence-corrected chi connectivity index (χ4v) is 4.83. The highest BCUT2D eigenvalue weighted by Crippen LogP contribution is 2.26. The molecule has 4 aromatic rings. The van der Waals surface area contributed by atoms with Gasteiger partial charge >= 0.3 is 0 Å². The summed E-state index contributed by atoms with van der Waals surface area (Å²) in [6, 6.07) is 13.1. The van der Waals surface area contributed by atoms with Gasteiger partial charge in [-0.05, 0) is 80.1 Å². The molecule has 0 spiro atoms. The highest BCUT2D eigenvalue weighted by Gasteiger charge is 2.28. The monoisotopic (exact) mass is 435 g/mol. The third-order valence-electron chi connectivity index (χ3n) is 6.49. The first kappa shape index (κ1) is 20.8. The average molecular weight is 436 g/mol. The summed E-state index contributed by atoms with van der Waals surface area (Å²) in [5.41, 5.74) is 4.35. The zero-order chi connectivity index (χ0) is 21.9. The number of piperidine rings is 1. The second kappa shape index (κ2) is 9.20. The molecular weight excluding hydrogens is 408 g/mol. The first-order valence-corrected chi connectivity index (χ1v) is 11.2. The Hall–Kier alpha value is -3.06. The van der Waals surface area contributed by atoms with Gasteiger partial charge in [0.1, 0.15) is 24.6 Å². The van der Waals surface area contributed by atoms with Crippen molar-refractivity contribution in [2.24, 2.45) is 0 Å². The van der Waals surface area contributed by atoms with E-state index in [1.54, 1.807) is 24.8 Å². The van der Waals surface area contributed by atoms with Crippen LogP contribution in [0.5, 0.6) is 0 Å². The fraction of sp³-hybridized carbons (Fsp3) is 0.360. The van der Waals surface area contributed by atoms with Gasteiger partial charge in [-0.1, -0.05) is 12.1 Å². The zero-order valence-electron chi connectivity index (χ0n) is 17.9. The Morgan fingerprint density at radius 2 is 1.97 bits per heavy atom. The van der Waals surface area contributed by atoms with Gasteiger partial charge in [-0.25, -0.2) is 8.78 Å². The number of aromatic nitrogens is 4. The zero-order valence-corrected chi connectivity index (χ0v) is 17.9. The van der Waals surface area contributed by atoms with Crippen molar-refractivity contribution in [1.29, 1.82) is 0 Å². The van der Waals surface area contributed by atoms with Gasteiger partial charge < -0.3 is 4.98 Å². The Morgan fingerprint density at radius 3 is 2.81 bits per heavy atom. The minimum atomic E-state index is -0.769. The smallest absolute Gasteiger partial charge is 0.123 e. The Kier molecular flexibility index (Phi) is 5.99. The lowest BCUT2D eigenvalue weighted by Gasteiger charge is -2.37. The van der Waals surface area contributed by atoms with Gasteiger partial charge in [0.15, 0.2) is 0 Å². The summed E-state index contributed by atoms with van der Waals surface area (Å²) in [6.45, 7) is 1.66. The summed E-state index contributed by atoms with van der Waals surface area (Å²) in [6.07, 6.45) is 8.41. The molecule has 2 aromatic heterocycles. The maximum Gasteiger partial charge on any atom is 0.123 e. The number of likely N-dealkylation sites (tertiary alicyclic amines) is 1. The molecule has 2 unspecified atom stereocenters. The summed E-state index contributed by atoms with van der Waals surface area (Å²) >= 11 is 0. The van der Waals surface area contributed by atoms with Gasteiger partial charge in [-0.2, -0.15) is 0 Å². The van der Waals surface area contributed by atoms with Gasteiger partial charge in [0.05, 0.1) is 0 Å². The number of halogens is 2. The first-order chi connectivity index (χ1) is 15.7. The van der Waals surface area contributed by atoms with Crippen LogP contribution in [0.1, 0.15) is 30.4 Å². The molecular formula is C25H27F2N5. The van der Waals surface area contributed by atoms with E-state index in [0.717, 1.165) is 42.7 Å². The van der Waals surface area contributed by atoms with E-state index >= 15 is 0 Å². The van der Waals surface area contributed by atoms with Crippen LogP contribution >= 0.6 is 0 Å². The van der Waals surface area contributed by atoms with Crippen molar-refractivity contribution in [3.8, 4) is 5.69 Å². The molecule has 0 radical (unpaired) electrons. The van der Waals surface area contributed by atoms with Crippen LogP contribution in [0.4, 0.5) is 8.78 Å². The Labute approximate surface area is 186 Å². The molecule has 7 heteroatoms. The van der Waals surface area contributed by atoms with Gasteiger partial charge in [0.2, 0.25) is 0 Å². The number of aromatic amines is 1. The number of nitrogens with zero attached hydrogens (tertiary/aromatic N) is 4. The lowest BCUT2D eigenvalue weighted by atomic mass is 9.94. The lowest BCUT2D eigenvalue weighted by Crippen LogP contribution is -2.45. The van der Waals surface area contributed by atoms with Gasteiger partial charge in [0.25, 0.3) is 0 Å². The molecule has 0 saturated carbocycles. The minimum absolute atomic E-state index is 0.115. The van der Waals surface area contributed by atoms with E-state index < -0.39 is 6.17 Å². The van der Waals surface area contributed by atoms with Crippen LogP contribution in [0.3, 0.4) is 0 Å². The molecule has 3 heterocycles. The van der Waals surface area contributed by atoms with Crippen molar-refractivity contribution in [2.75, 3.05) is 13.1 Å². The molecule has 2 atom stereocenters. The molecule has 0 amide bonds. The van der Waals surface area contributed by atoms with Crippen LogP contribution in [-0.2, 0) is 12.8 Å². The van der Waals surface area contributed by atoms with Crippen molar-refractivity contribution in [2.45, 2.75) is 44.3 Å². The van der Waals surface area contributed by atoms with Crippen LogP contribution in [-0.4, -0.2) is 50.0 Å². The second-order valence-corrected chi connectivity index (χ2v) is 8.66. The number of hydrogen-bond donors (Lipinski definition) is 1. The molecule has 5 rings (SSSR count). The molecule has 5 nitrogen and oxygen atoms in total. The molecule has 1 aliphatic rings. The SMILES string of the molecule is Fc1cccc(CC2CC(F)CCN2CCCc2c[nH]c3ccc(-n4cnnc4)cc23)c1. The number of nitrogens with one attached hydrogen (secondary N) is 1. The first-order valence-electron chi connectivity index (χ1n) is 11.2. The number of alkyl halides is 1. The Bertz CT molecular complexity index is 1170. The Morgan fingerprint density at radius 1 is 1.09 bits per heavy atom. The van der Waals surface area contributed by atoms with Crippen LogP contribution in [0, 0.1) is 5.82 Å². The summed E-state index contributed by atoms with van der Waals surface area (Å²) < 4.78 is 29.6. The molecule has 1 N–H and O–H groups in total. The van der Waals surface area contributed by atoms with Crippen molar-refractivity contribution in [1.82, 2.24) is 24.6 Å². The van der Waals surface area contributed by atoms with E-state index in [0.29, 0.717) is 19.3 Å². The van der Waals surface area contributed by atoms with E-state index in [1.807, 2.05) is 16.7 Å². The normalized spacial score (nSPS) is 19.6. The number of benzene rings is 2. The van der Waals surface area contributed by atoms with E-state index in [4.69, 9.17) is 0 Å². The van der Waals surface area contributed by atoms with Crippen molar-refractivity contribution < 1.29 is 8.78 Å².